The van der Waals surface area contributed by atoms with Gasteiger partial charge in [0.2, 0.25) is 0 Å². The summed E-state index contributed by atoms with van der Waals surface area (Å²) in [6.45, 7) is 0. The van der Waals surface area contributed by atoms with Gasteiger partial charge in [-0.15, -0.1) is 0 Å². The van der Waals surface area contributed by atoms with Crippen molar-refractivity contribution in [2.45, 2.75) is 38.1 Å². The van der Waals surface area contributed by atoms with Gasteiger partial charge in [-0.05, 0) is 12.8 Å². The minimum atomic E-state index is -0.617. The van der Waals surface area contributed by atoms with E-state index < -0.39 is 5.91 Å². The quantitative estimate of drug-likeness (QED) is 0.881. The summed E-state index contributed by atoms with van der Waals surface area (Å²) in [6, 6.07) is 0.240. The molecule has 1 aromatic heterocycles. The monoisotopic (exact) mass is 264 g/mol. The normalized spacial score (nSPS) is 16.3. The highest BCUT2D eigenvalue weighted by molar-refractivity contribution is 6.05. The minimum absolute atomic E-state index is 0.156. The first kappa shape index (κ1) is 13.6. The molecule has 0 saturated heterocycles. The molecule has 2 amide bonds. The number of aromatic nitrogens is 2. The van der Waals surface area contributed by atoms with Crippen LogP contribution in [0.15, 0.2) is 6.20 Å². The highest BCUT2D eigenvalue weighted by atomic mass is 16.2. The van der Waals surface area contributed by atoms with E-state index in [9.17, 15) is 9.59 Å². The molecule has 0 spiro atoms. The van der Waals surface area contributed by atoms with Gasteiger partial charge < -0.3 is 10.6 Å². The molecule has 1 saturated carbocycles. The summed E-state index contributed by atoms with van der Waals surface area (Å²) >= 11 is 0. The van der Waals surface area contributed by atoms with Crippen molar-refractivity contribution in [3.05, 3.63) is 17.5 Å². The second-order valence-corrected chi connectivity index (χ2v) is 5.14. The largest absolute Gasteiger partial charge is 0.365 e. The summed E-state index contributed by atoms with van der Waals surface area (Å²) in [5.41, 5.74) is 5.63. The zero-order valence-corrected chi connectivity index (χ0v) is 11.4. The van der Waals surface area contributed by atoms with Crippen molar-refractivity contribution in [3.8, 4) is 0 Å². The van der Waals surface area contributed by atoms with Crippen LogP contribution in [0, 0.1) is 0 Å². The maximum atomic E-state index is 12.4. The van der Waals surface area contributed by atoms with Crippen LogP contribution in [0.25, 0.3) is 0 Å². The van der Waals surface area contributed by atoms with E-state index in [-0.39, 0.29) is 23.2 Å². The Kier molecular flexibility index (Phi) is 3.87. The summed E-state index contributed by atoms with van der Waals surface area (Å²) in [5.74, 6) is -0.838. The number of aryl methyl sites for hydroxylation is 1. The molecule has 0 aliphatic heterocycles. The van der Waals surface area contributed by atoms with Crippen LogP contribution in [0.5, 0.6) is 0 Å². The van der Waals surface area contributed by atoms with E-state index in [2.05, 4.69) is 5.10 Å². The number of carbonyl (C=O) groups excluding carboxylic acids is 2. The van der Waals surface area contributed by atoms with E-state index in [1.54, 1.807) is 19.0 Å². The van der Waals surface area contributed by atoms with Crippen LogP contribution in [-0.2, 0) is 7.05 Å². The lowest BCUT2D eigenvalue weighted by Crippen LogP contribution is -2.39. The van der Waals surface area contributed by atoms with Crippen molar-refractivity contribution in [1.29, 1.82) is 0 Å². The average molecular weight is 264 g/mol. The Morgan fingerprint density at radius 2 is 2.00 bits per heavy atom. The van der Waals surface area contributed by atoms with Gasteiger partial charge in [0.05, 0.1) is 5.56 Å². The Morgan fingerprint density at radius 3 is 2.58 bits per heavy atom. The van der Waals surface area contributed by atoms with E-state index in [1.807, 2.05) is 0 Å². The van der Waals surface area contributed by atoms with Gasteiger partial charge in [0, 0.05) is 26.3 Å². The molecule has 1 fully saturated rings. The predicted molar refractivity (Wildman–Crippen MR) is 70.7 cm³/mol. The van der Waals surface area contributed by atoms with Crippen LogP contribution in [-0.4, -0.2) is 39.6 Å². The lowest BCUT2D eigenvalue weighted by molar-refractivity contribution is 0.0685. The zero-order chi connectivity index (χ0) is 14.0. The molecule has 0 atom stereocenters. The Bertz CT molecular complexity index is 489. The van der Waals surface area contributed by atoms with E-state index in [1.165, 1.54) is 17.3 Å². The summed E-state index contributed by atoms with van der Waals surface area (Å²) in [5, 5.41) is 4.07. The first-order valence-corrected chi connectivity index (χ1v) is 6.61. The van der Waals surface area contributed by atoms with Crippen molar-refractivity contribution in [1.82, 2.24) is 14.7 Å². The molecule has 1 aliphatic rings. The van der Waals surface area contributed by atoms with Crippen LogP contribution in [0.2, 0.25) is 0 Å². The van der Waals surface area contributed by atoms with Crippen molar-refractivity contribution in [3.63, 3.8) is 0 Å². The molecule has 1 aromatic rings. The molecule has 0 bridgehead atoms. The lowest BCUT2D eigenvalue weighted by atomic mass is 9.94. The zero-order valence-electron chi connectivity index (χ0n) is 11.4. The van der Waals surface area contributed by atoms with Gasteiger partial charge in [0.1, 0.15) is 0 Å². The van der Waals surface area contributed by atoms with Crippen LogP contribution in [0.1, 0.15) is 53.0 Å². The summed E-state index contributed by atoms with van der Waals surface area (Å²) in [7, 11) is 3.45. The third-order valence-corrected chi connectivity index (χ3v) is 3.74. The van der Waals surface area contributed by atoms with Gasteiger partial charge in [0.15, 0.2) is 5.69 Å². The van der Waals surface area contributed by atoms with E-state index in [0.29, 0.717) is 0 Å². The lowest BCUT2D eigenvalue weighted by Gasteiger charge is -2.30. The second-order valence-electron chi connectivity index (χ2n) is 5.14. The molecular weight excluding hydrogens is 244 g/mol. The van der Waals surface area contributed by atoms with E-state index in [0.717, 1.165) is 25.7 Å². The molecule has 6 heteroatoms. The number of nitrogens with zero attached hydrogens (tertiary/aromatic N) is 3. The third kappa shape index (κ3) is 2.77. The molecule has 2 rings (SSSR count). The fraction of sp³-hybridized carbons (Fsp3) is 0.615. The van der Waals surface area contributed by atoms with Crippen LogP contribution in [0.4, 0.5) is 0 Å². The first-order valence-electron chi connectivity index (χ1n) is 6.61. The van der Waals surface area contributed by atoms with Gasteiger partial charge in [-0.2, -0.15) is 5.10 Å². The van der Waals surface area contributed by atoms with E-state index in [4.69, 9.17) is 5.73 Å². The Morgan fingerprint density at radius 1 is 1.37 bits per heavy atom. The standard InChI is InChI=1S/C13H20N4O2/c1-16-8-10(12(14)18)11(15-16)13(19)17(2)9-6-4-3-5-7-9/h8-9H,3-7H2,1-2H3,(H2,14,18). The summed E-state index contributed by atoms with van der Waals surface area (Å²) in [6.07, 6.45) is 7.04. The van der Waals surface area contributed by atoms with Crippen LogP contribution in [0.3, 0.4) is 0 Å². The average Bonchev–Trinajstić information content (AvgIpc) is 2.80. The highest BCUT2D eigenvalue weighted by Crippen LogP contribution is 2.23. The van der Waals surface area contributed by atoms with Crippen molar-refractivity contribution in [2.75, 3.05) is 7.05 Å². The summed E-state index contributed by atoms with van der Waals surface area (Å²) < 4.78 is 1.45. The number of nitrogens with two attached hydrogens (primary N) is 1. The van der Waals surface area contributed by atoms with Crippen LogP contribution >= 0.6 is 0 Å². The number of amides is 2. The number of primary amides is 1. The number of rotatable bonds is 3. The molecule has 104 valence electrons. The van der Waals surface area contributed by atoms with Gasteiger partial charge >= 0.3 is 0 Å². The SMILES string of the molecule is CN(C(=O)c1nn(C)cc1C(N)=O)C1CCCCC1. The number of hydrogen-bond donors (Lipinski definition) is 1. The molecule has 0 unspecified atom stereocenters. The maximum Gasteiger partial charge on any atom is 0.275 e. The molecule has 0 aromatic carbocycles. The molecule has 1 heterocycles. The predicted octanol–water partition coefficient (Wildman–Crippen LogP) is 0.924. The fourth-order valence-electron chi connectivity index (χ4n) is 2.63. The first-order chi connectivity index (χ1) is 9.00. The maximum absolute atomic E-state index is 12.4. The van der Waals surface area contributed by atoms with Gasteiger partial charge in [-0.3, -0.25) is 14.3 Å². The van der Waals surface area contributed by atoms with Gasteiger partial charge in [-0.25, -0.2) is 0 Å². The van der Waals surface area contributed by atoms with Crippen molar-refractivity contribution in [2.24, 2.45) is 12.8 Å². The Labute approximate surface area is 112 Å². The molecule has 1 aliphatic carbocycles. The molecule has 19 heavy (non-hydrogen) atoms. The topological polar surface area (TPSA) is 81.2 Å². The molecular formula is C13H20N4O2. The second kappa shape index (κ2) is 5.42. The molecule has 2 N–H and O–H groups in total. The Hall–Kier alpha value is -1.85. The smallest absolute Gasteiger partial charge is 0.275 e. The number of hydrogen-bond acceptors (Lipinski definition) is 3. The summed E-state index contributed by atoms with van der Waals surface area (Å²) in [4.78, 5) is 25.5. The number of carbonyl (C=O) groups is 2. The third-order valence-electron chi connectivity index (χ3n) is 3.74. The van der Waals surface area contributed by atoms with Crippen molar-refractivity contribution < 1.29 is 9.59 Å². The molecule has 0 radical (unpaired) electrons. The molecule has 6 nitrogen and oxygen atoms in total. The fourth-order valence-corrected chi connectivity index (χ4v) is 2.63. The van der Waals surface area contributed by atoms with Gasteiger partial charge in [0.25, 0.3) is 11.8 Å². The van der Waals surface area contributed by atoms with E-state index >= 15 is 0 Å². The van der Waals surface area contributed by atoms with Crippen LogP contribution < -0.4 is 5.73 Å². The van der Waals surface area contributed by atoms with Gasteiger partial charge in [-0.1, -0.05) is 19.3 Å². The minimum Gasteiger partial charge on any atom is -0.365 e. The highest BCUT2D eigenvalue weighted by Gasteiger charge is 2.27. The Balaban J connectivity index is 2.20. The van der Waals surface area contributed by atoms with Crippen molar-refractivity contribution >= 4 is 11.8 Å².